The highest BCUT2D eigenvalue weighted by atomic mass is 32.2. The van der Waals surface area contributed by atoms with E-state index < -0.39 is 0 Å². The molecule has 2 amide bonds. The monoisotopic (exact) mass is 426 g/mol. The van der Waals surface area contributed by atoms with Gasteiger partial charge in [0.1, 0.15) is 0 Å². The number of aryl methyl sites for hydroxylation is 1. The summed E-state index contributed by atoms with van der Waals surface area (Å²) in [7, 11) is 0. The Hall–Kier alpha value is -2.71. The van der Waals surface area contributed by atoms with Crippen molar-refractivity contribution < 1.29 is 9.59 Å². The molecule has 150 valence electrons. The van der Waals surface area contributed by atoms with Crippen LogP contribution < -0.4 is 10.6 Å². The third kappa shape index (κ3) is 6.99. The van der Waals surface area contributed by atoms with Crippen LogP contribution >= 0.6 is 23.1 Å². The Morgan fingerprint density at radius 1 is 1.03 bits per heavy atom. The Bertz CT molecular complexity index is 932. The normalized spacial score (nSPS) is 11.6. The first-order valence-electron chi connectivity index (χ1n) is 9.26. The lowest BCUT2D eigenvalue weighted by Gasteiger charge is -2.13. The maximum absolute atomic E-state index is 12.2. The minimum absolute atomic E-state index is 0.0546. The SMILES string of the molecule is CC(CCc1ccccc1)NC(=O)CSc1nnc(C(=O)Nc2ccccc2)s1. The Kier molecular flexibility index (Phi) is 7.77. The van der Waals surface area contributed by atoms with Gasteiger partial charge in [0.25, 0.3) is 5.91 Å². The molecule has 3 rings (SSSR count). The second-order valence-corrected chi connectivity index (χ2v) is 8.67. The smallest absolute Gasteiger partial charge is 0.286 e. The summed E-state index contributed by atoms with van der Waals surface area (Å²) in [6, 6.07) is 19.5. The lowest BCUT2D eigenvalue weighted by Crippen LogP contribution is -2.34. The molecular weight excluding hydrogens is 404 g/mol. The first kappa shape index (κ1) is 21.0. The van der Waals surface area contributed by atoms with Crippen molar-refractivity contribution in [3.63, 3.8) is 0 Å². The highest BCUT2D eigenvalue weighted by molar-refractivity contribution is 8.01. The zero-order valence-corrected chi connectivity index (χ0v) is 17.6. The molecule has 2 aromatic carbocycles. The van der Waals surface area contributed by atoms with Gasteiger partial charge in [0.15, 0.2) is 4.34 Å². The van der Waals surface area contributed by atoms with Crippen LogP contribution in [-0.4, -0.2) is 33.8 Å². The predicted molar refractivity (Wildman–Crippen MR) is 117 cm³/mol. The summed E-state index contributed by atoms with van der Waals surface area (Å²) in [5.41, 5.74) is 1.96. The van der Waals surface area contributed by atoms with Gasteiger partial charge in [-0.15, -0.1) is 10.2 Å². The van der Waals surface area contributed by atoms with Gasteiger partial charge in [-0.3, -0.25) is 9.59 Å². The average molecular weight is 427 g/mol. The van der Waals surface area contributed by atoms with Crippen molar-refractivity contribution in [3.8, 4) is 0 Å². The van der Waals surface area contributed by atoms with Gasteiger partial charge in [-0.2, -0.15) is 0 Å². The number of rotatable bonds is 9. The number of anilines is 1. The summed E-state index contributed by atoms with van der Waals surface area (Å²) >= 11 is 2.46. The average Bonchev–Trinajstić information content (AvgIpc) is 3.22. The summed E-state index contributed by atoms with van der Waals surface area (Å²) in [4.78, 5) is 24.4. The highest BCUT2D eigenvalue weighted by Crippen LogP contribution is 2.23. The van der Waals surface area contributed by atoms with E-state index in [1.807, 2.05) is 43.3 Å². The maximum atomic E-state index is 12.2. The molecule has 0 radical (unpaired) electrons. The zero-order valence-electron chi connectivity index (χ0n) is 16.0. The molecule has 2 N–H and O–H groups in total. The number of carbonyl (C=O) groups is 2. The Morgan fingerprint density at radius 3 is 2.45 bits per heavy atom. The van der Waals surface area contributed by atoms with Crippen LogP contribution in [0.25, 0.3) is 0 Å². The molecule has 0 spiro atoms. The summed E-state index contributed by atoms with van der Waals surface area (Å²) in [5.74, 6) is -0.120. The van der Waals surface area contributed by atoms with Gasteiger partial charge in [0, 0.05) is 11.7 Å². The van der Waals surface area contributed by atoms with Gasteiger partial charge in [-0.05, 0) is 37.5 Å². The fourth-order valence-corrected chi connectivity index (χ4v) is 4.17. The van der Waals surface area contributed by atoms with Crippen LogP contribution in [0.15, 0.2) is 65.0 Å². The molecular formula is C21H22N4O2S2. The molecule has 0 aliphatic heterocycles. The molecule has 1 atom stereocenters. The predicted octanol–water partition coefficient (Wildman–Crippen LogP) is 4.02. The van der Waals surface area contributed by atoms with E-state index in [0.29, 0.717) is 10.0 Å². The molecule has 29 heavy (non-hydrogen) atoms. The van der Waals surface area contributed by atoms with Crippen LogP contribution in [0.5, 0.6) is 0 Å². The number of thioether (sulfide) groups is 1. The molecule has 0 aliphatic carbocycles. The first-order valence-corrected chi connectivity index (χ1v) is 11.1. The first-order chi connectivity index (χ1) is 14.1. The van der Waals surface area contributed by atoms with E-state index in [-0.39, 0.29) is 28.6 Å². The molecule has 0 bridgehead atoms. The summed E-state index contributed by atoms with van der Waals surface area (Å²) in [6.45, 7) is 2.00. The minimum Gasteiger partial charge on any atom is -0.353 e. The number of carbonyl (C=O) groups excluding carboxylic acids is 2. The number of para-hydroxylation sites is 1. The van der Waals surface area contributed by atoms with Crippen molar-refractivity contribution in [2.45, 2.75) is 30.1 Å². The summed E-state index contributed by atoms with van der Waals surface area (Å²) < 4.78 is 0.593. The molecule has 3 aromatic rings. The molecule has 6 nitrogen and oxygen atoms in total. The van der Waals surface area contributed by atoms with Crippen LogP contribution in [0.4, 0.5) is 5.69 Å². The minimum atomic E-state index is -0.306. The number of hydrogen-bond acceptors (Lipinski definition) is 6. The van der Waals surface area contributed by atoms with Crippen molar-refractivity contribution >= 4 is 40.6 Å². The van der Waals surface area contributed by atoms with E-state index in [1.165, 1.54) is 28.7 Å². The van der Waals surface area contributed by atoms with E-state index in [0.717, 1.165) is 12.8 Å². The van der Waals surface area contributed by atoms with Gasteiger partial charge in [0.05, 0.1) is 5.75 Å². The Balaban J connectivity index is 1.40. The maximum Gasteiger partial charge on any atom is 0.286 e. The zero-order chi connectivity index (χ0) is 20.5. The van der Waals surface area contributed by atoms with Gasteiger partial charge in [-0.25, -0.2) is 0 Å². The van der Waals surface area contributed by atoms with E-state index in [1.54, 1.807) is 12.1 Å². The third-order valence-electron chi connectivity index (χ3n) is 4.08. The highest BCUT2D eigenvalue weighted by Gasteiger charge is 2.15. The van der Waals surface area contributed by atoms with Crippen molar-refractivity contribution in [2.24, 2.45) is 0 Å². The van der Waals surface area contributed by atoms with Crippen molar-refractivity contribution in [1.82, 2.24) is 15.5 Å². The van der Waals surface area contributed by atoms with Crippen LogP contribution in [0, 0.1) is 0 Å². The Morgan fingerprint density at radius 2 is 1.72 bits per heavy atom. The van der Waals surface area contributed by atoms with E-state index in [9.17, 15) is 9.59 Å². The third-order valence-corrected chi connectivity index (χ3v) is 6.13. The topological polar surface area (TPSA) is 84.0 Å². The quantitative estimate of drug-likeness (QED) is 0.505. The molecule has 0 saturated carbocycles. The Labute approximate surface area is 178 Å². The molecule has 0 fully saturated rings. The summed E-state index contributed by atoms with van der Waals surface area (Å²) in [5, 5.41) is 14.0. The molecule has 1 unspecified atom stereocenters. The lowest BCUT2D eigenvalue weighted by atomic mass is 10.1. The largest absolute Gasteiger partial charge is 0.353 e. The van der Waals surface area contributed by atoms with Gasteiger partial charge in [-0.1, -0.05) is 71.6 Å². The summed E-state index contributed by atoms with van der Waals surface area (Å²) in [6.07, 6.45) is 1.80. The molecule has 1 aromatic heterocycles. The number of nitrogens with zero attached hydrogens (tertiary/aromatic N) is 2. The number of amides is 2. The van der Waals surface area contributed by atoms with Gasteiger partial charge in [0.2, 0.25) is 10.9 Å². The van der Waals surface area contributed by atoms with Crippen LogP contribution in [0.3, 0.4) is 0 Å². The molecule has 0 saturated heterocycles. The number of benzene rings is 2. The van der Waals surface area contributed by atoms with Crippen LogP contribution in [-0.2, 0) is 11.2 Å². The molecule has 8 heteroatoms. The number of nitrogens with one attached hydrogen (secondary N) is 2. The lowest BCUT2D eigenvalue weighted by molar-refractivity contribution is -0.119. The van der Waals surface area contributed by atoms with Crippen molar-refractivity contribution in [3.05, 3.63) is 71.2 Å². The standard InChI is InChI=1S/C21H22N4O2S2/c1-15(12-13-16-8-4-2-5-9-16)22-18(26)14-28-21-25-24-20(29-21)19(27)23-17-10-6-3-7-11-17/h2-11,15H,12-14H2,1H3,(H,22,26)(H,23,27). The van der Waals surface area contributed by atoms with E-state index >= 15 is 0 Å². The van der Waals surface area contributed by atoms with Crippen molar-refractivity contribution in [1.29, 1.82) is 0 Å². The number of aromatic nitrogens is 2. The molecule has 1 heterocycles. The van der Waals surface area contributed by atoms with Gasteiger partial charge < -0.3 is 10.6 Å². The van der Waals surface area contributed by atoms with Crippen molar-refractivity contribution in [2.75, 3.05) is 11.1 Å². The van der Waals surface area contributed by atoms with Gasteiger partial charge >= 0.3 is 0 Å². The fourth-order valence-electron chi connectivity index (χ4n) is 2.61. The molecule has 0 aliphatic rings. The fraction of sp³-hybridized carbons (Fsp3) is 0.238. The second kappa shape index (κ2) is 10.7. The van der Waals surface area contributed by atoms with Crippen LogP contribution in [0.2, 0.25) is 0 Å². The van der Waals surface area contributed by atoms with Crippen LogP contribution in [0.1, 0.15) is 28.7 Å². The van der Waals surface area contributed by atoms with E-state index in [2.05, 4.69) is 33.0 Å². The van der Waals surface area contributed by atoms with E-state index in [4.69, 9.17) is 0 Å². The number of hydrogen-bond donors (Lipinski definition) is 2. The second-order valence-electron chi connectivity index (χ2n) is 6.47.